The number of likely N-dealkylation sites (tertiary alicyclic amines) is 1. The predicted molar refractivity (Wildman–Crippen MR) is 127 cm³/mol. The number of nitrogens with zero attached hydrogens (tertiary/aromatic N) is 5. The number of amides is 1. The van der Waals surface area contributed by atoms with E-state index in [0.29, 0.717) is 11.9 Å². The Morgan fingerprint density at radius 3 is 2.53 bits per heavy atom. The van der Waals surface area contributed by atoms with E-state index in [4.69, 9.17) is 0 Å². The number of anilines is 2. The third-order valence-corrected chi connectivity index (χ3v) is 5.83. The maximum absolute atomic E-state index is 12.8. The van der Waals surface area contributed by atoms with E-state index < -0.39 is 0 Å². The van der Waals surface area contributed by atoms with Crippen LogP contribution in [-0.4, -0.2) is 56.1 Å². The lowest BCUT2D eigenvalue weighted by atomic mass is 9.95. The summed E-state index contributed by atoms with van der Waals surface area (Å²) in [5.41, 5.74) is 2.47. The van der Waals surface area contributed by atoms with Gasteiger partial charge in [0.05, 0.1) is 23.6 Å². The minimum absolute atomic E-state index is 0.0142. The fourth-order valence-electron chi connectivity index (χ4n) is 4.04. The molecule has 0 unspecified atom stereocenters. The second-order valence-corrected chi connectivity index (χ2v) is 8.99. The van der Waals surface area contributed by atoms with Crippen LogP contribution in [0, 0.1) is 5.92 Å². The Morgan fingerprint density at radius 1 is 1.03 bits per heavy atom. The second-order valence-electron chi connectivity index (χ2n) is 8.99. The SMILES string of the molecule is CC(C)Nc1cncc(-c2ccc3nnc(NC(=O)C4CCN(C(C)C)CC4)cc3c2)n1. The summed E-state index contributed by atoms with van der Waals surface area (Å²) in [5, 5.41) is 15.6. The van der Waals surface area contributed by atoms with Crippen molar-refractivity contribution in [1.29, 1.82) is 0 Å². The van der Waals surface area contributed by atoms with Crippen LogP contribution in [-0.2, 0) is 4.79 Å². The number of carbonyl (C=O) groups is 1. The van der Waals surface area contributed by atoms with Crippen LogP contribution >= 0.6 is 0 Å². The first-order chi connectivity index (χ1) is 15.4. The van der Waals surface area contributed by atoms with Gasteiger partial charge in [-0.3, -0.25) is 9.78 Å². The fraction of sp³-hybridized carbons (Fsp3) is 0.458. The molecule has 3 heterocycles. The van der Waals surface area contributed by atoms with E-state index in [1.165, 1.54) is 0 Å². The van der Waals surface area contributed by atoms with Gasteiger partial charge in [-0.25, -0.2) is 4.98 Å². The van der Waals surface area contributed by atoms with Crippen LogP contribution in [0.25, 0.3) is 22.2 Å². The molecule has 1 aliphatic rings. The van der Waals surface area contributed by atoms with Gasteiger partial charge < -0.3 is 15.5 Å². The number of hydrogen-bond acceptors (Lipinski definition) is 7. The van der Waals surface area contributed by atoms with Crippen molar-refractivity contribution in [3.63, 3.8) is 0 Å². The molecule has 168 valence electrons. The Hall–Kier alpha value is -3.13. The Balaban J connectivity index is 1.50. The molecule has 1 saturated heterocycles. The van der Waals surface area contributed by atoms with E-state index in [9.17, 15) is 4.79 Å². The number of rotatable bonds is 6. The van der Waals surface area contributed by atoms with Crippen LogP contribution in [0.2, 0.25) is 0 Å². The second kappa shape index (κ2) is 9.56. The number of hydrogen-bond donors (Lipinski definition) is 2. The summed E-state index contributed by atoms with van der Waals surface area (Å²) in [5.74, 6) is 1.26. The standard InChI is InChI=1S/C24H31N7O/c1-15(2)26-23-14-25-13-21(27-23)18-5-6-20-19(11-18)12-22(30-29-20)28-24(32)17-7-9-31(10-8-17)16(3)4/h5-6,11-17H,7-10H2,1-4H3,(H,26,27)(H,28,30,32). The first-order valence-corrected chi connectivity index (χ1v) is 11.3. The number of aromatic nitrogens is 4. The van der Waals surface area contributed by atoms with E-state index >= 15 is 0 Å². The monoisotopic (exact) mass is 433 g/mol. The molecule has 32 heavy (non-hydrogen) atoms. The first kappa shape index (κ1) is 22.1. The van der Waals surface area contributed by atoms with Crippen LogP contribution in [0.5, 0.6) is 0 Å². The molecule has 0 saturated carbocycles. The zero-order valence-corrected chi connectivity index (χ0v) is 19.2. The summed E-state index contributed by atoms with van der Waals surface area (Å²) >= 11 is 0. The lowest BCUT2D eigenvalue weighted by Gasteiger charge is -2.33. The average molecular weight is 434 g/mol. The number of benzene rings is 1. The van der Waals surface area contributed by atoms with Crippen molar-refractivity contribution >= 4 is 28.4 Å². The molecular formula is C24H31N7O. The van der Waals surface area contributed by atoms with E-state index in [1.54, 1.807) is 12.4 Å². The summed E-state index contributed by atoms with van der Waals surface area (Å²) in [4.78, 5) is 24.1. The quantitative estimate of drug-likeness (QED) is 0.607. The largest absolute Gasteiger partial charge is 0.367 e. The lowest BCUT2D eigenvalue weighted by Crippen LogP contribution is -2.41. The number of nitrogens with one attached hydrogen (secondary N) is 2. The molecule has 1 amide bonds. The molecule has 2 N–H and O–H groups in total. The third-order valence-electron chi connectivity index (χ3n) is 5.83. The van der Waals surface area contributed by atoms with Gasteiger partial charge in [0, 0.05) is 29.0 Å². The molecule has 4 rings (SSSR count). The third kappa shape index (κ3) is 5.19. The van der Waals surface area contributed by atoms with Gasteiger partial charge in [-0.05, 0) is 71.8 Å². The highest BCUT2D eigenvalue weighted by Gasteiger charge is 2.26. The van der Waals surface area contributed by atoms with Gasteiger partial charge in [0.1, 0.15) is 5.82 Å². The van der Waals surface area contributed by atoms with Gasteiger partial charge in [-0.15, -0.1) is 10.2 Å². The molecule has 8 nitrogen and oxygen atoms in total. The van der Waals surface area contributed by atoms with E-state index in [2.05, 4.69) is 63.4 Å². The first-order valence-electron chi connectivity index (χ1n) is 11.3. The van der Waals surface area contributed by atoms with Crippen molar-refractivity contribution in [3.05, 3.63) is 36.7 Å². The number of fused-ring (bicyclic) bond motifs is 1. The molecular weight excluding hydrogens is 402 g/mol. The summed E-state index contributed by atoms with van der Waals surface area (Å²) in [6.07, 6.45) is 5.20. The Labute approximate surface area is 188 Å². The van der Waals surface area contributed by atoms with Crippen LogP contribution in [0.3, 0.4) is 0 Å². The topological polar surface area (TPSA) is 95.9 Å². The number of piperidine rings is 1. The molecule has 2 aromatic heterocycles. The highest BCUT2D eigenvalue weighted by atomic mass is 16.2. The summed E-state index contributed by atoms with van der Waals surface area (Å²) in [7, 11) is 0. The van der Waals surface area contributed by atoms with E-state index in [-0.39, 0.29) is 17.9 Å². The molecule has 8 heteroatoms. The average Bonchev–Trinajstić information content (AvgIpc) is 2.78. The normalized spacial score (nSPS) is 15.4. The van der Waals surface area contributed by atoms with Crippen molar-refractivity contribution in [1.82, 2.24) is 25.1 Å². The molecule has 1 fully saturated rings. The minimum Gasteiger partial charge on any atom is -0.367 e. The molecule has 0 spiro atoms. The Kier molecular flexibility index (Phi) is 6.60. The van der Waals surface area contributed by atoms with Crippen molar-refractivity contribution in [2.45, 2.75) is 52.6 Å². The van der Waals surface area contributed by atoms with Crippen molar-refractivity contribution < 1.29 is 4.79 Å². The fourth-order valence-corrected chi connectivity index (χ4v) is 4.04. The Bertz CT molecular complexity index is 1090. The molecule has 3 aromatic rings. The molecule has 1 aliphatic heterocycles. The van der Waals surface area contributed by atoms with Gasteiger partial charge in [-0.2, -0.15) is 0 Å². The maximum Gasteiger partial charge on any atom is 0.228 e. The highest BCUT2D eigenvalue weighted by Crippen LogP contribution is 2.25. The summed E-state index contributed by atoms with van der Waals surface area (Å²) in [6.45, 7) is 10.4. The van der Waals surface area contributed by atoms with E-state index in [0.717, 1.165) is 53.9 Å². The highest BCUT2D eigenvalue weighted by molar-refractivity contribution is 5.94. The van der Waals surface area contributed by atoms with Crippen molar-refractivity contribution in [3.8, 4) is 11.3 Å². The zero-order chi connectivity index (χ0) is 22.7. The van der Waals surface area contributed by atoms with Gasteiger partial charge >= 0.3 is 0 Å². The van der Waals surface area contributed by atoms with Crippen LogP contribution < -0.4 is 10.6 Å². The van der Waals surface area contributed by atoms with Gasteiger partial charge in [0.15, 0.2) is 5.82 Å². The zero-order valence-electron chi connectivity index (χ0n) is 19.2. The van der Waals surface area contributed by atoms with Crippen LogP contribution in [0.4, 0.5) is 11.6 Å². The van der Waals surface area contributed by atoms with Crippen molar-refractivity contribution in [2.75, 3.05) is 23.7 Å². The van der Waals surface area contributed by atoms with Crippen LogP contribution in [0.15, 0.2) is 36.7 Å². The molecule has 1 aromatic carbocycles. The molecule has 0 bridgehead atoms. The van der Waals surface area contributed by atoms with E-state index in [1.807, 2.05) is 24.3 Å². The maximum atomic E-state index is 12.8. The smallest absolute Gasteiger partial charge is 0.228 e. The van der Waals surface area contributed by atoms with Gasteiger partial charge in [0.2, 0.25) is 5.91 Å². The summed E-state index contributed by atoms with van der Waals surface area (Å²) in [6, 6.07) is 8.54. The molecule has 0 atom stereocenters. The number of carbonyl (C=O) groups excluding carboxylic acids is 1. The molecule has 0 aliphatic carbocycles. The Morgan fingerprint density at radius 2 is 1.81 bits per heavy atom. The van der Waals surface area contributed by atoms with Gasteiger partial charge in [0.25, 0.3) is 0 Å². The minimum atomic E-state index is 0.0142. The van der Waals surface area contributed by atoms with Crippen molar-refractivity contribution in [2.24, 2.45) is 5.92 Å². The van der Waals surface area contributed by atoms with Crippen LogP contribution in [0.1, 0.15) is 40.5 Å². The lowest BCUT2D eigenvalue weighted by molar-refractivity contribution is -0.121. The molecule has 0 radical (unpaired) electrons. The summed E-state index contributed by atoms with van der Waals surface area (Å²) < 4.78 is 0. The van der Waals surface area contributed by atoms with Gasteiger partial charge in [-0.1, -0.05) is 6.07 Å². The predicted octanol–water partition coefficient (Wildman–Crippen LogP) is 3.97.